The van der Waals surface area contributed by atoms with Gasteiger partial charge in [-0.25, -0.2) is 0 Å². The summed E-state index contributed by atoms with van der Waals surface area (Å²) in [6.07, 6.45) is 1.79. The Balaban J connectivity index is 1.92. The largest absolute Gasteiger partial charge is 0.493 e. The third kappa shape index (κ3) is 3.40. The van der Waals surface area contributed by atoms with E-state index in [-0.39, 0.29) is 18.6 Å². The zero-order valence-corrected chi connectivity index (χ0v) is 14.3. The maximum atomic E-state index is 10.00. The monoisotopic (exact) mass is 327 g/mol. The van der Waals surface area contributed by atoms with Crippen LogP contribution in [-0.2, 0) is 12.8 Å². The van der Waals surface area contributed by atoms with Crippen LogP contribution < -0.4 is 14.8 Å². The number of hydrogen-bond donors (Lipinski definition) is 2. The smallest absolute Gasteiger partial charge is 0.161 e. The van der Waals surface area contributed by atoms with Gasteiger partial charge in [0.05, 0.1) is 14.2 Å². The van der Waals surface area contributed by atoms with Gasteiger partial charge in [-0.1, -0.05) is 30.3 Å². The van der Waals surface area contributed by atoms with Crippen molar-refractivity contribution < 1.29 is 14.6 Å². The SMILES string of the molecule is COc1cc2c(cc1OC)[C@@H]([C@H](CO)Cc1ccccc1)NCC2. The van der Waals surface area contributed by atoms with Gasteiger partial charge in [-0.2, -0.15) is 0 Å². The molecule has 2 atom stereocenters. The molecule has 2 aromatic rings. The van der Waals surface area contributed by atoms with Crippen molar-refractivity contribution in [2.75, 3.05) is 27.4 Å². The highest BCUT2D eigenvalue weighted by Crippen LogP contribution is 2.38. The first kappa shape index (κ1) is 16.8. The Morgan fingerprint density at radius 3 is 2.50 bits per heavy atom. The zero-order chi connectivity index (χ0) is 16.9. The van der Waals surface area contributed by atoms with Gasteiger partial charge in [-0.3, -0.25) is 0 Å². The predicted octanol–water partition coefficient (Wildman–Crippen LogP) is 2.74. The van der Waals surface area contributed by atoms with E-state index in [1.54, 1.807) is 14.2 Å². The molecule has 0 saturated heterocycles. The summed E-state index contributed by atoms with van der Waals surface area (Å²) in [7, 11) is 3.32. The highest BCUT2D eigenvalue weighted by atomic mass is 16.5. The average Bonchev–Trinajstić information content (AvgIpc) is 2.65. The highest BCUT2D eigenvalue weighted by Gasteiger charge is 2.29. The van der Waals surface area contributed by atoms with Gasteiger partial charge >= 0.3 is 0 Å². The summed E-state index contributed by atoms with van der Waals surface area (Å²) in [6, 6.07) is 14.6. The van der Waals surface area contributed by atoms with Gasteiger partial charge in [0.25, 0.3) is 0 Å². The first-order valence-electron chi connectivity index (χ1n) is 8.39. The van der Waals surface area contributed by atoms with Crippen molar-refractivity contribution in [3.63, 3.8) is 0 Å². The number of nitrogens with one attached hydrogen (secondary N) is 1. The fourth-order valence-electron chi connectivity index (χ4n) is 3.54. The Bertz CT molecular complexity index is 672. The topological polar surface area (TPSA) is 50.7 Å². The molecule has 1 aliphatic heterocycles. The second-order valence-electron chi connectivity index (χ2n) is 6.22. The fraction of sp³-hybridized carbons (Fsp3) is 0.400. The van der Waals surface area contributed by atoms with E-state index in [1.165, 1.54) is 16.7 Å². The van der Waals surface area contributed by atoms with E-state index >= 15 is 0 Å². The number of aliphatic hydroxyl groups excluding tert-OH is 1. The summed E-state index contributed by atoms with van der Waals surface area (Å²) >= 11 is 0. The molecular formula is C20H25NO3. The van der Waals surface area contributed by atoms with Crippen molar-refractivity contribution in [1.29, 1.82) is 0 Å². The number of rotatable bonds is 6. The van der Waals surface area contributed by atoms with Crippen LogP contribution in [0.3, 0.4) is 0 Å². The average molecular weight is 327 g/mol. The van der Waals surface area contributed by atoms with E-state index in [1.807, 2.05) is 18.2 Å². The van der Waals surface area contributed by atoms with Crippen LogP contribution in [0.5, 0.6) is 11.5 Å². The second kappa shape index (κ2) is 7.69. The minimum Gasteiger partial charge on any atom is -0.493 e. The van der Waals surface area contributed by atoms with Gasteiger partial charge in [0.1, 0.15) is 0 Å². The van der Waals surface area contributed by atoms with Crippen LogP contribution in [0.4, 0.5) is 0 Å². The van der Waals surface area contributed by atoms with Crippen molar-refractivity contribution in [3.8, 4) is 11.5 Å². The first-order chi connectivity index (χ1) is 11.8. The number of hydrogen-bond acceptors (Lipinski definition) is 4. The van der Waals surface area contributed by atoms with Gasteiger partial charge in [-0.05, 0) is 48.2 Å². The molecule has 0 unspecified atom stereocenters. The van der Waals surface area contributed by atoms with Crippen molar-refractivity contribution >= 4 is 0 Å². The third-order valence-electron chi connectivity index (χ3n) is 4.79. The maximum Gasteiger partial charge on any atom is 0.161 e. The van der Waals surface area contributed by atoms with Gasteiger partial charge < -0.3 is 19.9 Å². The molecule has 0 radical (unpaired) electrons. The van der Waals surface area contributed by atoms with E-state index in [9.17, 15) is 5.11 Å². The Hall–Kier alpha value is -2.04. The standard InChI is InChI=1S/C20H25NO3/c1-23-18-11-15-8-9-21-20(17(15)12-19(18)24-2)16(13-22)10-14-6-4-3-5-7-14/h3-7,11-12,16,20-22H,8-10,13H2,1-2H3/t16-,20+/m0/s1. The Kier molecular flexibility index (Phi) is 5.38. The molecule has 0 aromatic heterocycles. The van der Waals surface area contributed by atoms with Gasteiger partial charge in [0.15, 0.2) is 11.5 Å². The molecule has 0 spiro atoms. The van der Waals surface area contributed by atoms with Crippen LogP contribution in [0.2, 0.25) is 0 Å². The Morgan fingerprint density at radius 2 is 1.83 bits per heavy atom. The number of benzene rings is 2. The van der Waals surface area contributed by atoms with E-state index in [0.29, 0.717) is 0 Å². The summed E-state index contributed by atoms with van der Waals surface area (Å²) in [5.41, 5.74) is 3.71. The minimum atomic E-state index is 0.110. The molecule has 0 amide bonds. The van der Waals surface area contributed by atoms with Gasteiger partial charge in [0, 0.05) is 18.6 Å². The molecule has 2 aromatic carbocycles. The molecule has 0 aliphatic carbocycles. The highest BCUT2D eigenvalue weighted by molar-refractivity contribution is 5.49. The molecule has 24 heavy (non-hydrogen) atoms. The quantitative estimate of drug-likeness (QED) is 0.856. The molecule has 128 valence electrons. The molecule has 4 nitrogen and oxygen atoms in total. The summed E-state index contributed by atoms with van der Waals surface area (Å²) in [4.78, 5) is 0. The van der Waals surface area contributed by atoms with Crippen LogP contribution in [0.1, 0.15) is 22.7 Å². The van der Waals surface area contributed by atoms with E-state index < -0.39 is 0 Å². The predicted molar refractivity (Wildman–Crippen MR) is 94.7 cm³/mol. The van der Waals surface area contributed by atoms with Crippen molar-refractivity contribution in [2.24, 2.45) is 5.92 Å². The molecular weight excluding hydrogens is 302 g/mol. The van der Waals surface area contributed by atoms with Gasteiger partial charge in [0.2, 0.25) is 0 Å². The third-order valence-corrected chi connectivity index (χ3v) is 4.79. The van der Waals surface area contributed by atoms with Crippen LogP contribution in [-0.4, -0.2) is 32.5 Å². The number of ether oxygens (including phenoxy) is 2. The van der Waals surface area contributed by atoms with Crippen molar-refractivity contribution in [1.82, 2.24) is 5.32 Å². The molecule has 2 N–H and O–H groups in total. The molecule has 0 fully saturated rings. The van der Waals surface area contributed by atoms with Crippen LogP contribution in [0.25, 0.3) is 0 Å². The fourth-order valence-corrected chi connectivity index (χ4v) is 3.54. The lowest BCUT2D eigenvalue weighted by Crippen LogP contribution is -2.37. The summed E-state index contributed by atoms with van der Waals surface area (Å²) in [6.45, 7) is 1.04. The van der Waals surface area contributed by atoms with Crippen LogP contribution >= 0.6 is 0 Å². The molecule has 0 bridgehead atoms. The van der Waals surface area contributed by atoms with Crippen LogP contribution in [0.15, 0.2) is 42.5 Å². The summed E-state index contributed by atoms with van der Waals surface area (Å²) < 4.78 is 10.9. The number of fused-ring (bicyclic) bond motifs is 1. The lowest BCUT2D eigenvalue weighted by Gasteiger charge is -2.33. The Labute approximate surface area is 143 Å². The minimum absolute atomic E-state index is 0.110. The van der Waals surface area contributed by atoms with E-state index in [4.69, 9.17) is 9.47 Å². The van der Waals surface area contributed by atoms with Gasteiger partial charge in [-0.15, -0.1) is 0 Å². The molecule has 1 aliphatic rings. The van der Waals surface area contributed by atoms with Crippen molar-refractivity contribution in [2.45, 2.75) is 18.9 Å². The van der Waals surface area contributed by atoms with E-state index in [0.717, 1.165) is 30.9 Å². The molecule has 3 rings (SSSR count). The molecule has 0 saturated carbocycles. The lowest BCUT2D eigenvalue weighted by molar-refractivity contribution is 0.185. The molecule has 4 heteroatoms. The lowest BCUT2D eigenvalue weighted by atomic mass is 9.83. The zero-order valence-electron chi connectivity index (χ0n) is 14.3. The second-order valence-corrected chi connectivity index (χ2v) is 6.22. The van der Waals surface area contributed by atoms with Crippen molar-refractivity contribution in [3.05, 3.63) is 59.2 Å². The first-order valence-corrected chi connectivity index (χ1v) is 8.39. The number of aliphatic hydroxyl groups is 1. The summed E-state index contributed by atoms with van der Waals surface area (Å²) in [5, 5.41) is 13.6. The number of methoxy groups -OCH3 is 2. The Morgan fingerprint density at radius 1 is 1.12 bits per heavy atom. The summed E-state index contributed by atoms with van der Waals surface area (Å²) in [5.74, 6) is 1.62. The maximum absolute atomic E-state index is 10.00. The van der Waals surface area contributed by atoms with E-state index in [2.05, 4.69) is 29.6 Å². The normalized spacial score (nSPS) is 17.9. The van der Waals surface area contributed by atoms with Crippen LogP contribution in [0, 0.1) is 5.92 Å². The molecule has 1 heterocycles.